The molecule has 0 radical (unpaired) electrons. The van der Waals surface area contributed by atoms with Gasteiger partial charge in [-0.05, 0) is 30.2 Å². The highest BCUT2D eigenvalue weighted by Crippen LogP contribution is 2.33. The molecule has 10 nitrogen and oxygen atoms in total. The van der Waals surface area contributed by atoms with Crippen molar-refractivity contribution in [2.45, 2.75) is 27.4 Å². The number of aryl methyl sites for hydroxylation is 1. The minimum atomic E-state index is -3.17. The van der Waals surface area contributed by atoms with Gasteiger partial charge >= 0.3 is 5.69 Å². The Morgan fingerprint density at radius 3 is 2.40 bits per heavy atom. The Hall–Kier alpha value is -2.80. The van der Waals surface area contributed by atoms with Crippen LogP contribution in [0, 0.1) is 6.92 Å². The third-order valence-corrected chi connectivity index (χ3v) is 8.93. The number of fused-ring (bicyclic) bond motifs is 3. The Bertz CT molecular complexity index is 1510. The Morgan fingerprint density at radius 1 is 1.09 bits per heavy atom. The number of thiophene rings is 1. The summed E-state index contributed by atoms with van der Waals surface area (Å²) < 4.78 is 33.5. The molecule has 0 bridgehead atoms. The summed E-state index contributed by atoms with van der Waals surface area (Å²) >= 11 is 1.59. The highest BCUT2D eigenvalue weighted by atomic mass is 32.2. The maximum atomic E-state index is 13.3. The van der Waals surface area contributed by atoms with Crippen LogP contribution in [0.2, 0.25) is 0 Å². The van der Waals surface area contributed by atoms with Crippen LogP contribution in [-0.2, 0) is 23.1 Å². The number of ether oxygens (including phenoxy) is 1. The fourth-order valence-corrected chi connectivity index (χ4v) is 6.54. The van der Waals surface area contributed by atoms with Gasteiger partial charge in [-0.15, -0.1) is 11.3 Å². The number of hydrogen-bond acceptors (Lipinski definition) is 8. The number of sulfonamides is 1. The van der Waals surface area contributed by atoms with Crippen molar-refractivity contribution in [3.63, 3.8) is 0 Å². The second-order valence-corrected chi connectivity index (χ2v) is 11.5. The van der Waals surface area contributed by atoms with E-state index in [1.165, 1.54) is 21.4 Å². The fraction of sp³-hybridized carbons (Fsp3) is 0.435. The van der Waals surface area contributed by atoms with Crippen LogP contribution >= 0.6 is 11.3 Å². The summed E-state index contributed by atoms with van der Waals surface area (Å²) in [5.74, 6) is 0.762. The van der Waals surface area contributed by atoms with E-state index >= 15 is 0 Å². The summed E-state index contributed by atoms with van der Waals surface area (Å²) in [5, 5.41) is 5.11. The summed E-state index contributed by atoms with van der Waals surface area (Å²) in [7, 11) is -1.54. The van der Waals surface area contributed by atoms with Crippen molar-refractivity contribution >= 4 is 37.2 Å². The van der Waals surface area contributed by atoms with Gasteiger partial charge in [-0.3, -0.25) is 9.47 Å². The van der Waals surface area contributed by atoms with Crippen LogP contribution in [0.3, 0.4) is 0 Å². The summed E-state index contributed by atoms with van der Waals surface area (Å²) in [6.07, 6.45) is 2.67. The van der Waals surface area contributed by atoms with Gasteiger partial charge in [0.15, 0.2) is 5.65 Å². The van der Waals surface area contributed by atoms with E-state index in [9.17, 15) is 13.2 Å². The maximum Gasteiger partial charge on any atom is 0.352 e. The molecule has 0 N–H and O–H groups in total. The first kappa shape index (κ1) is 25.3. The molecule has 0 atom stereocenters. The Balaban J connectivity index is 0.00000289. The molecule has 4 heterocycles. The topological polar surface area (TPSA) is 102 Å². The molecule has 0 saturated carbocycles. The van der Waals surface area contributed by atoms with Crippen LogP contribution in [-0.4, -0.2) is 76.3 Å². The quantitative estimate of drug-likeness (QED) is 0.386. The van der Waals surface area contributed by atoms with Crippen molar-refractivity contribution in [2.75, 3.05) is 39.5 Å². The highest BCUT2D eigenvalue weighted by Gasteiger charge is 2.25. The SMILES string of the molecule is C.COc1ccc(Cn2c(=O)n3ncnc3c3c(C)c(CN4CCN(S(C)(=O)=O)CC4)sc32)cc1. The number of aromatic nitrogens is 4. The van der Waals surface area contributed by atoms with Crippen molar-refractivity contribution in [2.24, 2.45) is 0 Å². The molecule has 0 amide bonds. The van der Waals surface area contributed by atoms with E-state index in [4.69, 9.17) is 4.74 Å². The van der Waals surface area contributed by atoms with Gasteiger partial charge in [0.25, 0.3) is 0 Å². The lowest BCUT2D eigenvalue weighted by Gasteiger charge is -2.33. The summed E-state index contributed by atoms with van der Waals surface area (Å²) in [6.45, 7) is 5.46. The second-order valence-electron chi connectivity index (χ2n) is 8.48. The summed E-state index contributed by atoms with van der Waals surface area (Å²) in [5.41, 5.74) is 2.39. The molecule has 1 aromatic carbocycles. The van der Waals surface area contributed by atoms with E-state index in [1.807, 2.05) is 24.3 Å². The van der Waals surface area contributed by atoms with Crippen molar-refractivity contribution in [1.82, 2.24) is 28.4 Å². The lowest BCUT2D eigenvalue weighted by molar-refractivity contribution is 0.183. The molecule has 1 aliphatic heterocycles. The van der Waals surface area contributed by atoms with Crippen molar-refractivity contribution in [3.05, 3.63) is 57.1 Å². The minimum absolute atomic E-state index is 0. The van der Waals surface area contributed by atoms with Gasteiger partial charge < -0.3 is 4.74 Å². The van der Waals surface area contributed by atoms with Gasteiger partial charge in [0.1, 0.15) is 16.9 Å². The zero-order valence-electron chi connectivity index (χ0n) is 19.3. The first-order valence-corrected chi connectivity index (χ1v) is 13.6. The highest BCUT2D eigenvalue weighted by molar-refractivity contribution is 7.88. The van der Waals surface area contributed by atoms with E-state index in [2.05, 4.69) is 21.9 Å². The van der Waals surface area contributed by atoms with E-state index < -0.39 is 10.0 Å². The van der Waals surface area contributed by atoms with Crippen LogP contribution in [0.4, 0.5) is 0 Å². The monoisotopic (exact) mass is 518 g/mol. The number of piperazine rings is 1. The van der Waals surface area contributed by atoms with Crippen molar-refractivity contribution in [1.29, 1.82) is 0 Å². The molecule has 1 aliphatic rings. The molecule has 12 heteroatoms. The molecule has 1 fully saturated rings. The van der Waals surface area contributed by atoms with E-state index in [-0.39, 0.29) is 13.1 Å². The molecule has 4 aromatic rings. The molecule has 3 aromatic heterocycles. The fourth-order valence-electron chi connectivity index (χ4n) is 4.38. The van der Waals surface area contributed by atoms with Crippen LogP contribution in [0.25, 0.3) is 15.9 Å². The van der Waals surface area contributed by atoms with E-state index in [0.717, 1.165) is 32.0 Å². The Labute approximate surface area is 208 Å². The third kappa shape index (κ3) is 4.70. The number of methoxy groups -OCH3 is 1. The standard InChI is InChI=1S/C22H26N6O4S2.CH4/c1-15-18(13-25-8-10-26(11-9-25)34(3,30)31)33-21-19(15)20-23-14-24-28(20)22(29)27(21)12-16-4-6-17(32-2)7-5-16;/h4-7,14H,8-13H2,1-3H3;1H4. The van der Waals surface area contributed by atoms with E-state index in [0.29, 0.717) is 44.9 Å². The molecule has 0 unspecified atom stereocenters. The second kappa shape index (κ2) is 9.69. The zero-order valence-corrected chi connectivity index (χ0v) is 20.9. The number of nitrogens with zero attached hydrogens (tertiary/aromatic N) is 6. The van der Waals surface area contributed by atoms with Gasteiger partial charge in [-0.2, -0.15) is 13.9 Å². The maximum absolute atomic E-state index is 13.3. The van der Waals surface area contributed by atoms with Gasteiger partial charge in [-0.25, -0.2) is 18.2 Å². The Morgan fingerprint density at radius 2 is 1.77 bits per heavy atom. The van der Waals surface area contributed by atoms with Crippen LogP contribution in [0.5, 0.6) is 5.75 Å². The molecule has 0 aliphatic carbocycles. The lowest BCUT2D eigenvalue weighted by Crippen LogP contribution is -2.47. The Kier molecular flexibility index (Phi) is 7.00. The van der Waals surface area contributed by atoms with Gasteiger partial charge in [0, 0.05) is 37.6 Å². The van der Waals surface area contributed by atoms with Gasteiger partial charge in [-0.1, -0.05) is 19.6 Å². The van der Waals surface area contributed by atoms with Gasteiger partial charge in [0.2, 0.25) is 10.0 Å². The zero-order chi connectivity index (χ0) is 24.0. The molecule has 188 valence electrons. The van der Waals surface area contributed by atoms with Crippen LogP contribution < -0.4 is 10.4 Å². The van der Waals surface area contributed by atoms with Crippen molar-refractivity contribution in [3.8, 4) is 5.75 Å². The normalized spacial score (nSPS) is 15.5. The first-order valence-electron chi connectivity index (χ1n) is 10.9. The van der Waals surface area contributed by atoms with Gasteiger partial charge in [0.05, 0.1) is 25.3 Å². The number of benzene rings is 1. The predicted molar refractivity (Wildman–Crippen MR) is 138 cm³/mol. The predicted octanol–water partition coefficient (Wildman–Crippen LogP) is 2.18. The third-order valence-electron chi connectivity index (χ3n) is 6.32. The van der Waals surface area contributed by atoms with Crippen LogP contribution in [0.15, 0.2) is 35.4 Å². The molecule has 5 rings (SSSR count). The van der Waals surface area contributed by atoms with Crippen LogP contribution in [0.1, 0.15) is 23.4 Å². The molecule has 0 spiro atoms. The number of rotatable bonds is 6. The average Bonchev–Trinajstić information content (AvgIpc) is 3.42. The lowest BCUT2D eigenvalue weighted by atomic mass is 10.2. The summed E-state index contributed by atoms with van der Waals surface area (Å²) in [6, 6.07) is 7.66. The minimum Gasteiger partial charge on any atom is -0.497 e. The summed E-state index contributed by atoms with van der Waals surface area (Å²) in [4.78, 5) is 21.9. The van der Waals surface area contributed by atoms with Crippen molar-refractivity contribution < 1.29 is 13.2 Å². The molecular weight excluding hydrogens is 488 g/mol. The van der Waals surface area contributed by atoms with E-state index in [1.54, 1.807) is 23.0 Å². The smallest absolute Gasteiger partial charge is 0.352 e. The molecular formula is C23H30N6O4S2. The number of hydrogen-bond donors (Lipinski definition) is 0. The largest absolute Gasteiger partial charge is 0.497 e. The molecule has 35 heavy (non-hydrogen) atoms. The average molecular weight is 519 g/mol. The first-order chi connectivity index (χ1) is 16.3. The molecule has 1 saturated heterocycles.